The zero-order chi connectivity index (χ0) is 30.7. The number of anilines is 2. The maximum atomic E-state index is 9.20. The van der Waals surface area contributed by atoms with E-state index < -0.39 is 0 Å². The van der Waals surface area contributed by atoms with Gasteiger partial charge >= 0.3 is 0 Å². The Hall–Kier alpha value is -3.79. The molecule has 0 aliphatic heterocycles. The van der Waals surface area contributed by atoms with Crippen LogP contribution in [0.1, 0.15) is 107 Å². The van der Waals surface area contributed by atoms with E-state index in [4.69, 9.17) is 0 Å². The van der Waals surface area contributed by atoms with Crippen LogP contribution in [-0.4, -0.2) is 37.6 Å². The monoisotopic (exact) mass is 579 g/mol. The first-order valence-corrected chi connectivity index (χ1v) is 16.5. The molecule has 3 aromatic carbocycles. The number of nitrogens with zero attached hydrogens (tertiary/aromatic N) is 3. The normalized spacial score (nSPS) is 11.7. The van der Waals surface area contributed by atoms with Crippen molar-refractivity contribution >= 4 is 41.9 Å². The summed E-state index contributed by atoms with van der Waals surface area (Å²) in [7, 11) is 0. The van der Waals surface area contributed by atoms with E-state index in [1.807, 2.05) is 12.1 Å². The van der Waals surface area contributed by atoms with Crippen LogP contribution in [0.3, 0.4) is 0 Å². The third kappa shape index (κ3) is 11.8. The van der Waals surface area contributed by atoms with E-state index in [-0.39, 0.29) is 0 Å². The van der Waals surface area contributed by atoms with E-state index >= 15 is 0 Å². The molecule has 4 heteroatoms. The second-order valence-corrected chi connectivity index (χ2v) is 11.4. The quantitative estimate of drug-likeness (QED) is 0.0664. The van der Waals surface area contributed by atoms with Crippen LogP contribution in [0, 0.1) is 0 Å². The van der Waals surface area contributed by atoms with E-state index in [9.17, 15) is 5.21 Å². The summed E-state index contributed by atoms with van der Waals surface area (Å²) in [5.41, 5.74) is 7.92. The van der Waals surface area contributed by atoms with Crippen LogP contribution in [0.2, 0.25) is 0 Å². The standard InChI is InChI=1S/C39H53N3O/c1-5-9-25-41(26-10-6-2)38-21-17-33(18-22-38)13-15-35-29-36(31-37(30-35)32-40-43)16-14-34-19-23-39(24-20-34)42(27-11-7-3)28-12-8-4/h13-24,29-32,43H,5-12,25-28H2,1-4H3/b15-13+,16-14+,40-32+. The predicted octanol–water partition coefficient (Wildman–Crippen LogP) is 10.6. The van der Waals surface area contributed by atoms with Gasteiger partial charge in [0.05, 0.1) is 6.21 Å². The molecule has 0 saturated carbocycles. The molecular formula is C39H53N3O. The van der Waals surface area contributed by atoms with Crippen molar-refractivity contribution in [1.82, 2.24) is 0 Å². The van der Waals surface area contributed by atoms with Crippen LogP contribution in [0.25, 0.3) is 24.3 Å². The summed E-state index contributed by atoms with van der Waals surface area (Å²) in [5.74, 6) is 0. The van der Waals surface area contributed by atoms with E-state index in [0.29, 0.717) is 0 Å². The van der Waals surface area contributed by atoms with Crippen molar-refractivity contribution in [3.05, 3.63) is 94.5 Å². The predicted molar refractivity (Wildman–Crippen MR) is 191 cm³/mol. The second kappa shape index (κ2) is 19.4. The summed E-state index contributed by atoms with van der Waals surface area (Å²) < 4.78 is 0. The smallest absolute Gasteiger partial charge is 0.0734 e. The van der Waals surface area contributed by atoms with Gasteiger partial charge in [-0.3, -0.25) is 0 Å². The molecule has 0 heterocycles. The lowest BCUT2D eigenvalue weighted by Crippen LogP contribution is -2.25. The molecule has 0 spiro atoms. The molecule has 0 aliphatic rings. The number of hydrogen-bond donors (Lipinski definition) is 1. The highest BCUT2D eigenvalue weighted by molar-refractivity contribution is 5.84. The number of hydrogen-bond acceptors (Lipinski definition) is 4. The molecule has 0 saturated heterocycles. The Morgan fingerprint density at radius 3 is 1.14 bits per heavy atom. The van der Waals surface area contributed by atoms with Crippen molar-refractivity contribution in [3.63, 3.8) is 0 Å². The van der Waals surface area contributed by atoms with Crippen LogP contribution in [0.15, 0.2) is 71.9 Å². The lowest BCUT2D eigenvalue weighted by Gasteiger charge is -2.24. The lowest BCUT2D eigenvalue weighted by atomic mass is 10.0. The molecule has 230 valence electrons. The molecule has 0 aliphatic carbocycles. The summed E-state index contributed by atoms with van der Waals surface area (Å²) >= 11 is 0. The fourth-order valence-electron chi connectivity index (χ4n) is 5.15. The van der Waals surface area contributed by atoms with E-state index in [2.05, 4.69) is 122 Å². The maximum Gasteiger partial charge on any atom is 0.0734 e. The van der Waals surface area contributed by atoms with Gasteiger partial charge in [-0.15, -0.1) is 0 Å². The number of unbranched alkanes of at least 4 members (excludes halogenated alkanes) is 4. The van der Waals surface area contributed by atoms with Gasteiger partial charge in [0.2, 0.25) is 0 Å². The molecule has 4 nitrogen and oxygen atoms in total. The minimum absolute atomic E-state index is 0.861. The van der Waals surface area contributed by atoms with Gasteiger partial charge in [0.1, 0.15) is 0 Å². The van der Waals surface area contributed by atoms with Gasteiger partial charge in [-0.1, -0.05) is 107 Å². The summed E-state index contributed by atoms with van der Waals surface area (Å²) in [6, 6.07) is 24.0. The van der Waals surface area contributed by atoms with Crippen LogP contribution in [0.4, 0.5) is 11.4 Å². The SMILES string of the molecule is CCCCN(CCCC)c1ccc(/C=C/c2cc(/C=C/c3ccc(N(CCCC)CCCC)cc3)cc(/C=N/O)c2)cc1. The molecule has 3 aromatic rings. The molecule has 0 aromatic heterocycles. The molecule has 0 bridgehead atoms. The second-order valence-electron chi connectivity index (χ2n) is 11.4. The Kier molecular flexibility index (Phi) is 15.2. The maximum absolute atomic E-state index is 9.20. The lowest BCUT2D eigenvalue weighted by molar-refractivity contribution is 0.322. The van der Waals surface area contributed by atoms with Gasteiger partial charge in [0, 0.05) is 37.6 Å². The summed E-state index contributed by atoms with van der Waals surface area (Å²) in [5, 5.41) is 12.5. The van der Waals surface area contributed by atoms with E-state index in [1.165, 1.54) is 80.1 Å². The fraction of sp³-hybridized carbons (Fsp3) is 0.410. The molecule has 3 rings (SSSR count). The number of oxime groups is 1. The van der Waals surface area contributed by atoms with E-state index in [1.54, 1.807) is 0 Å². The molecule has 0 fully saturated rings. The van der Waals surface area contributed by atoms with Gasteiger partial charge in [0.25, 0.3) is 0 Å². The van der Waals surface area contributed by atoms with Crippen LogP contribution < -0.4 is 9.80 Å². The Labute approximate surface area is 261 Å². The van der Waals surface area contributed by atoms with Gasteiger partial charge < -0.3 is 15.0 Å². The van der Waals surface area contributed by atoms with Crippen LogP contribution in [0.5, 0.6) is 0 Å². The molecule has 1 N–H and O–H groups in total. The average Bonchev–Trinajstić information content (AvgIpc) is 3.04. The third-order valence-corrected chi connectivity index (χ3v) is 7.79. The highest BCUT2D eigenvalue weighted by Gasteiger charge is 2.07. The average molecular weight is 580 g/mol. The Bertz CT molecular complexity index is 1170. The summed E-state index contributed by atoms with van der Waals surface area (Å²) in [6.45, 7) is 13.5. The Morgan fingerprint density at radius 2 is 0.814 bits per heavy atom. The molecule has 43 heavy (non-hydrogen) atoms. The molecular weight excluding hydrogens is 526 g/mol. The van der Waals surface area contributed by atoms with Gasteiger partial charge in [0.15, 0.2) is 0 Å². The first-order valence-electron chi connectivity index (χ1n) is 16.5. The zero-order valence-electron chi connectivity index (χ0n) is 27.0. The summed E-state index contributed by atoms with van der Waals surface area (Å²) in [6.07, 6.45) is 19.8. The zero-order valence-corrected chi connectivity index (χ0v) is 27.0. The topological polar surface area (TPSA) is 39.1 Å². The van der Waals surface area contributed by atoms with Crippen molar-refractivity contribution in [2.45, 2.75) is 79.1 Å². The highest BCUT2D eigenvalue weighted by Crippen LogP contribution is 2.21. The fourth-order valence-corrected chi connectivity index (χ4v) is 5.15. The molecule has 0 radical (unpaired) electrons. The summed E-state index contributed by atoms with van der Waals surface area (Å²) in [4.78, 5) is 5.03. The van der Waals surface area contributed by atoms with Crippen molar-refractivity contribution in [2.75, 3.05) is 36.0 Å². The molecule has 0 amide bonds. The third-order valence-electron chi connectivity index (χ3n) is 7.79. The van der Waals surface area contributed by atoms with Crippen molar-refractivity contribution in [2.24, 2.45) is 5.16 Å². The van der Waals surface area contributed by atoms with Crippen molar-refractivity contribution < 1.29 is 5.21 Å². The molecule has 0 atom stereocenters. The van der Waals surface area contributed by atoms with Gasteiger partial charge in [-0.05, 0) is 96.0 Å². The number of rotatable bonds is 19. The van der Waals surface area contributed by atoms with E-state index in [0.717, 1.165) is 42.9 Å². The number of benzene rings is 3. The first-order chi connectivity index (χ1) is 21.1. The van der Waals surface area contributed by atoms with Gasteiger partial charge in [-0.2, -0.15) is 0 Å². The van der Waals surface area contributed by atoms with Gasteiger partial charge in [-0.25, -0.2) is 0 Å². The molecule has 0 unspecified atom stereocenters. The van der Waals surface area contributed by atoms with Crippen molar-refractivity contribution in [3.8, 4) is 0 Å². The Balaban J connectivity index is 1.74. The first kappa shape index (κ1) is 33.7. The highest BCUT2D eigenvalue weighted by atomic mass is 16.4. The minimum atomic E-state index is 0.861. The Morgan fingerprint density at radius 1 is 0.488 bits per heavy atom. The minimum Gasteiger partial charge on any atom is -0.411 e. The van der Waals surface area contributed by atoms with Crippen LogP contribution >= 0.6 is 0 Å². The largest absolute Gasteiger partial charge is 0.411 e. The van der Waals surface area contributed by atoms with Crippen LogP contribution in [-0.2, 0) is 0 Å². The van der Waals surface area contributed by atoms with Crippen molar-refractivity contribution in [1.29, 1.82) is 0 Å².